The van der Waals surface area contributed by atoms with Gasteiger partial charge in [-0.25, -0.2) is 9.78 Å². The van der Waals surface area contributed by atoms with Gasteiger partial charge in [0.25, 0.3) is 11.8 Å². The summed E-state index contributed by atoms with van der Waals surface area (Å²) >= 11 is 0. The lowest BCUT2D eigenvalue weighted by Gasteiger charge is -1.96. The van der Waals surface area contributed by atoms with Gasteiger partial charge in [-0.1, -0.05) is 30.3 Å². The molecule has 12 nitrogen and oxygen atoms in total. The van der Waals surface area contributed by atoms with Gasteiger partial charge in [0, 0.05) is 12.5 Å². The zero-order valence-electron chi connectivity index (χ0n) is 16.0. The van der Waals surface area contributed by atoms with Crippen LogP contribution in [0.2, 0.25) is 0 Å². The third-order valence-electron chi connectivity index (χ3n) is 4.15. The van der Waals surface area contributed by atoms with Gasteiger partial charge in [0.05, 0.1) is 0 Å². The number of carbonyl (C=O) groups is 3. The first-order valence-electron chi connectivity index (χ1n) is 8.83. The van der Waals surface area contributed by atoms with E-state index in [2.05, 4.69) is 20.2 Å². The highest BCUT2D eigenvalue weighted by molar-refractivity contribution is 5.97. The Morgan fingerprint density at radius 1 is 1.10 bits per heavy atom. The minimum Gasteiger partial charge on any atom is -0.476 e. The highest BCUT2D eigenvalue weighted by atomic mass is 16.4. The van der Waals surface area contributed by atoms with Crippen LogP contribution in [0.5, 0.6) is 0 Å². The molecule has 3 N–H and O–H groups in total. The Labute approximate surface area is 173 Å². The van der Waals surface area contributed by atoms with Gasteiger partial charge < -0.3 is 19.7 Å². The van der Waals surface area contributed by atoms with Crippen LogP contribution in [0.4, 0.5) is 0 Å². The Kier molecular flexibility index (Phi) is 4.87. The number of carboxylic acid groups (broad SMARTS) is 1. The van der Waals surface area contributed by atoms with Gasteiger partial charge in [-0.05, 0) is 0 Å². The number of benzene rings is 1. The summed E-state index contributed by atoms with van der Waals surface area (Å²) in [6.07, 6.45) is 1.19. The molecule has 156 valence electrons. The third-order valence-corrected chi connectivity index (χ3v) is 4.15. The van der Waals surface area contributed by atoms with E-state index in [0.717, 1.165) is 4.80 Å². The maximum atomic E-state index is 11.9. The van der Waals surface area contributed by atoms with Crippen molar-refractivity contribution in [3.63, 3.8) is 0 Å². The summed E-state index contributed by atoms with van der Waals surface area (Å²) in [7, 11) is 0. The average molecular weight is 422 g/mol. The zero-order valence-corrected chi connectivity index (χ0v) is 16.0. The van der Waals surface area contributed by atoms with Crippen molar-refractivity contribution in [3.8, 4) is 22.9 Å². The molecule has 3 heterocycles. The van der Waals surface area contributed by atoms with Gasteiger partial charge >= 0.3 is 5.97 Å². The lowest BCUT2D eigenvalue weighted by atomic mass is 10.1. The minimum absolute atomic E-state index is 0.00753. The minimum atomic E-state index is -1.32. The lowest BCUT2D eigenvalue weighted by molar-refractivity contribution is 0.0691. The highest BCUT2D eigenvalue weighted by Gasteiger charge is 2.27. The van der Waals surface area contributed by atoms with Crippen LogP contribution in [-0.4, -0.2) is 47.7 Å². The first-order valence-corrected chi connectivity index (χ1v) is 8.83. The first-order chi connectivity index (χ1) is 14.8. The predicted molar refractivity (Wildman–Crippen MR) is 102 cm³/mol. The monoisotopic (exact) mass is 422 g/mol. The van der Waals surface area contributed by atoms with E-state index in [-0.39, 0.29) is 52.6 Å². The second-order valence-corrected chi connectivity index (χ2v) is 6.34. The van der Waals surface area contributed by atoms with Crippen LogP contribution < -0.4 is 5.73 Å². The van der Waals surface area contributed by atoms with Crippen molar-refractivity contribution in [2.24, 2.45) is 5.73 Å². The number of primary amides is 1. The molecule has 0 atom stereocenters. The van der Waals surface area contributed by atoms with Crippen LogP contribution in [0.3, 0.4) is 0 Å². The number of hydrogen-bond acceptors (Lipinski definition) is 9. The SMILES string of the molecule is CC(=O)c1coc(Cn2nc(C(N)=O)c(-c3nc(C(=O)O)c(-c4ccccc4)o3)n2)n1. The van der Waals surface area contributed by atoms with E-state index in [1.807, 2.05) is 0 Å². The number of carboxylic acids is 1. The van der Waals surface area contributed by atoms with E-state index in [9.17, 15) is 19.5 Å². The van der Waals surface area contributed by atoms with Gasteiger partial charge in [0.15, 0.2) is 28.6 Å². The number of hydrogen-bond donors (Lipinski definition) is 2. The number of carbonyl (C=O) groups excluding carboxylic acids is 2. The van der Waals surface area contributed by atoms with Crippen LogP contribution in [0.15, 0.2) is 45.4 Å². The molecule has 4 aromatic rings. The second-order valence-electron chi connectivity index (χ2n) is 6.34. The predicted octanol–water partition coefficient (Wildman–Crippen LogP) is 1.64. The normalized spacial score (nSPS) is 10.9. The molecule has 0 aliphatic rings. The summed E-state index contributed by atoms with van der Waals surface area (Å²) in [6, 6.07) is 8.48. The number of Topliss-reactive ketones (excluding diaryl/α,β-unsaturated/α-hetero) is 1. The molecule has 1 aromatic carbocycles. The number of oxazole rings is 2. The molecule has 3 aromatic heterocycles. The first kappa shape index (κ1) is 19.7. The van der Waals surface area contributed by atoms with Crippen LogP contribution in [0, 0.1) is 0 Å². The Morgan fingerprint density at radius 2 is 1.84 bits per heavy atom. The summed E-state index contributed by atoms with van der Waals surface area (Å²) in [5.41, 5.74) is 5.22. The number of rotatable bonds is 7. The smallest absolute Gasteiger partial charge is 0.358 e. The van der Waals surface area contributed by atoms with Gasteiger partial charge in [0.2, 0.25) is 5.89 Å². The van der Waals surface area contributed by atoms with Gasteiger partial charge in [-0.2, -0.15) is 9.78 Å². The van der Waals surface area contributed by atoms with E-state index < -0.39 is 11.9 Å². The zero-order chi connectivity index (χ0) is 22.1. The molecule has 12 heteroatoms. The van der Waals surface area contributed by atoms with Gasteiger partial charge in [-0.3, -0.25) is 9.59 Å². The number of nitrogens with two attached hydrogens (primary N) is 1. The maximum Gasteiger partial charge on any atom is 0.358 e. The summed E-state index contributed by atoms with van der Waals surface area (Å²) in [6.45, 7) is 1.22. The van der Waals surface area contributed by atoms with Crippen molar-refractivity contribution in [1.29, 1.82) is 0 Å². The van der Waals surface area contributed by atoms with Crippen molar-refractivity contribution < 1.29 is 28.3 Å². The quantitative estimate of drug-likeness (QED) is 0.415. The molecule has 0 spiro atoms. The van der Waals surface area contributed by atoms with E-state index >= 15 is 0 Å². The average Bonchev–Trinajstić information content (AvgIpc) is 3.46. The second kappa shape index (κ2) is 7.67. The Bertz CT molecular complexity index is 1300. The molecule has 0 aliphatic carbocycles. The van der Waals surface area contributed by atoms with Gasteiger partial charge in [-0.15, -0.1) is 10.2 Å². The molecule has 0 aliphatic heterocycles. The molecular weight excluding hydrogens is 408 g/mol. The van der Waals surface area contributed by atoms with E-state index in [0.29, 0.717) is 5.56 Å². The van der Waals surface area contributed by atoms with Crippen molar-refractivity contribution in [3.05, 3.63) is 59.6 Å². The molecule has 0 unspecified atom stereocenters. The Hall–Kier alpha value is -4.61. The molecule has 31 heavy (non-hydrogen) atoms. The fourth-order valence-corrected chi connectivity index (χ4v) is 2.75. The summed E-state index contributed by atoms with van der Waals surface area (Å²) in [5, 5.41) is 17.6. The number of ketones is 1. The van der Waals surface area contributed by atoms with E-state index in [1.165, 1.54) is 13.2 Å². The fourth-order valence-electron chi connectivity index (χ4n) is 2.75. The molecule has 0 saturated heterocycles. The maximum absolute atomic E-state index is 11.9. The van der Waals surface area contributed by atoms with Crippen LogP contribution >= 0.6 is 0 Å². The van der Waals surface area contributed by atoms with Gasteiger partial charge in [0.1, 0.15) is 18.5 Å². The van der Waals surface area contributed by atoms with Crippen molar-refractivity contribution in [1.82, 2.24) is 25.0 Å². The van der Waals surface area contributed by atoms with Crippen LogP contribution in [0.1, 0.15) is 44.3 Å². The number of aromatic carboxylic acids is 1. The molecule has 0 fully saturated rings. The van der Waals surface area contributed by atoms with E-state index in [4.69, 9.17) is 14.6 Å². The van der Waals surface area contributed by atoms with Crippen LogP contribution in [0.25, 0.3) is 22.9 Å². The molecule has 0 radical (unpaired) electrons. The summed E-state index contributed by atoms with van der Waals surface area (Å²) < 4.78 is 10.8. The largest absolute Gasteiger partial charge is 0.476 e. The number of amides is 1. The summed E-state index contributed by atoms with van der Waals surface area (Å²) in [5.74, 6) is -2.66. The lowest BCUT2D eigenvalue weighted by Crippen LogP contribution is -2.14. The number of aromatic nitrogens is 5. The van der Waals surface area contributed by atoms with Crippen LogP contribution in [-0.2, 0) is 6.54 Å². The topological polar surface area (TPSA) is 180 Å². The summed E-state index contributed by atoms with van der Waals surface area (Å²) in [4.78, 5) is 43.9. The van der Waals surface area contributed by atoms with Crippen molar-refractivity contribution >= 4 is 17.7 Å². The Morgan fingerprint density at radius 3 is 2.45 bits per heavy atom. The highest BCUT2D eigenvalue weighted by Crippen LogP contribution is 2.30. The molecule has 4 rings (SSSR count). The molecule has 0 bridgehead atoms. The fraction of sp³-hybridized carbons (Fsp3) is 0.105. The molecule has 0 saturated carbocycles. The molecular formula is C19H14N6O6. The van der Waals surface area contributed by atoms with E-state index in [1.54, 1.807) is 30.3 Å². The Balaban J connectivity index is 1.76. The van der Waals surface area contributed by atoms with Crippen molar-refractivity contribution in [2.75, 3.05) is 0 Å². The standard InChI is InChI=1S/C19H14N6O6/c1-9(26)11-8-30-12(21-11)7-25-23-13(17(20)27)14(24-25)18-22-15(19(28)29)16(31-18)10-5-3-2-4-6-10/h2-6,8H,7H2,1H3,(H2,20,27)(H,28,29). The van der Waals surface area contributed by atoms with Crippen molar-refractivity contribution in [2.45, 2.75) is 13.5 Å². The number of nitrogens with zero attached hydrogens (tertiary/aromatic N) is 5. The third kappa shape index (κ3) is 3.81. The molecule has 1 amide bonds.